The molecule has 4 rings (SSSR count). The number of pyridine rings is 4. The molecule has 0 saturated carbocycles. The van der Waals surface area contributed by atoms with Crippen molar-refractivity contribution in [1.29, 1.82) is 0 Å². The van der Waals surface area contributed by atoms with Crippen LogP contribution < -0.4 is 9.64 Å². The zero-order chi connectivity index (χ0) is 20.8. The largest absolute Gasteiger partial charge is 0.481 e. The average Bonchev–Trinajstić information content (AvgIpc) is 2.83. The first-order valence-corrected chi connectivity index (χ1v) is 9.75. The minimum absolute atomic E-state index is 0.0130. The maximum Gasteiger partial charge on any atom is 0.213 e. The maximum absolute atomic E-state index is 5.36. The van der Waals surface area contributed by atoms with Crippen molar-refractivity contribution < 1.29 is 4.74 Å². The van der Waals surface area contributed by atoms with Crippen LogP contribution in [-0.2, 0) is 6.42 Å². The van der Waals surface area contributed by atoms with Gasteiger partial charge in [0.15, 0.2) is 0 Å². The normalized spacial score (nSPS) is 11.7. The van der Waals surface area contributed by atoms with E-state index in [0.29, 0.717) is 5.88 Å². The second kappa shape index (κ2) is 9.13. The molecule has 0 aliphatic rings. The lowest BCUT2D eigenvalue weighted by atomic mass is 9.89. The summed E-state index contributed by atoms with van der Waals surface area (Å²) < 4.78 is 5.36. The third-order valence-corrected chi connectivity index (χ3v) is 5.04. The predicted octanol–water partition coefficient (Wildman–Crippen LogP) is 4.42. The number of rotatable bonds is 7. The highest BCUT2D eigenvalue weighted by Gasteiger charge is 2.21. The van der Waals surface area contributed by atoms with Crippen LogP contribution in [0.1, 0.15) is 22.7 Å². The minimum atomic E-state index is 0.0130. The highest BCUT2D eigenvalue weighted by molar-refractivity contribution is 5.61. The summed E-state index contributed by atoms with van der Waals surface area (Å²) in [4.78, 5) is 20.0. The quantitative estimate of drug-likeness (QED) is 0.460. The van der Waals surface area contributed by atoms with Gasteiger partial charge in [0, 0.05) is 43.8 Å². The second-order valence-electron chi connectivity index (χ2n) is 6.90. The van der Waals surface area contributed by atoms with Gasteiger partial charge in [0.2, 0.25) is 5.88 Å². The van der Waals surface area contributed by atoms with E-state index in [1.165, 1.54) is 0 Å². The summed E-state index contributed by atoms with van der Waals surface area (Å²) in [6.45, 7) is 0. The SMILES string of the molecule is COc1cccc(C(Cc2cccnc2N(C)c2cccnc2)c2cccnc2)n1. The number of methoxy groups -OCH3 is 1. The number of aromatic nitrogens is 4. The van der Waals surface area contributed by atoms with E-state index in [2.05, 4.69) is 32.0 Å². The Morgan fingerprint density at radius 3 is 2.43 bits per heavy atom. The van der Waals surface area contributed by atoms with Crippen molar-refractivity contribution >= 4 is 11.5 Å². The maximum atomic E-state index is 5.36. The Bertz CT molecular complexity index is 1090. The van der Waals surface area contributed by atoms with Crippen LogP contribution >= 0.6 is 0 Å². The van der Waals surface area contributed by atoms with Crippen LogP contribution in [0.3, 0.4) is 0 Å². The summed E-state index contributed by atoms with van der Waals surface area (Å²) in [5.41, 5.74) is 4.12. The van der Waals surface area contributed by atoms with Crippen LogP contribution in [0.15, 0.2) is 85.6 Å². The molecular formula is C24H23N5O. The predicted molar refractivity (Wildman–Crippen MR) is 117 cm³/mol. The Balaban J connectivity index is 1.74. The minimum Gasteiger partial charge on any atom is -0.481 e. The van der Waals surface area contributed by atoms with Crippen molar-refractivity contribution in [3.63, 3.8) is 0 Å². The molecule has 0 spiro atoms. The highest BCUT2D eigenvalue weighted by Crippen LogP contribution is 2.32. The monoisotopic (exact) mass is 397 g/mol. The van der Waals surface area contributed by atoms with Gasteiger partial charge in [-0.3, -0.25) is 9.97 Å². The summed E-state index contributed by atoms with van der Waals surface area (Å²) in [5, 5.41) is 0. The first kappa shape index (κ1) is 19.5. The van der Waals surface area contributed by atoms with Gasteiger partial charge in [-0.05, 0) is 47.9 Å². The smallest absolute Gasteiger partial charge is 0.213 e. The standard InChI is InChI=1S/C24H23N5O/c1-29(20-9-6-13-26-17-20)24-18(7-5-14-27-24)15-21(19-8-4-12-25-16-19)22-10-3-11-23(28-22)30-2/h3-14,16-17,21H,15H2,1-2H3. The van der Waals surface area contributed by atoms with E-state index in [4.69, 9.17) is 9.72 Å². The fourth-order valence-corrected chi connectivity index (χ4v) is 3.50. The molecule has 0 aliphatic carbocycles. The van der Waals surface area contributed by atoms with E-state index < -0.39 is 0 Å². The number of nitrogens with zero attached hydrogens (tertiary/aromatic N) is 5. The number of anilines is 2. The molecule has 0 amide bonds. The first-order valence-electron chi connectivity index (χ1n) is 9.75. The van der Waals surface area contributed by atoms with Crippen LogP contribution in [0, 0.1) is 0 Å². The molecule has 0 aromatic carbocycles. The van der Waals surface area contributed by atoms with Crippen molar-refractivity contribution in [3.8, 4) is 5.88 Å². The molecule has 30 heavy (non-hydrogen) atoms. The zero-order valence-corrected chi connectivity index (χ0v) is 17.0. The van der Waals surface area contributed by atoms with Crippen LogP contribution in [0.2, 0.25) is 0 Å². The fourth-order valence-electron chi connectivity index (χ4n) is 3.50. The van der Waals surface area contributed by atoms with E-state index >= 15 is 0 Å². The molecule has 0 bridgehead atoms. The third-order valence-electron chi connectivity index (χ3n) is 5.04. The summed E-state index contributed by atoms with van der Waals surface area (Å²) >= 11 is 0. The van der Waals surface area contributed by atoms with Crippen molar-refractivity contribution in [2.75, 3.05) is 19.1 Å². The van der Waals surface area contributed by atoms with E-state index in [1.807, 2.05) is 68.1 Å². The second-order valence-corrected chi connectivity index (χ2v) is 6.90. The molecule has 4 heterocycles. The fraction of sp³-hybridized carbons (Fsp3) is 0.167. The van der Waals surface area contributed by atoms with Gasteiger partial charge < -0.3 is 9.64 Å². The van der Waals surface area contributed by atoms with Crippen molar-refractivity contribution in [1.82, 2.24) is 19.9 Å². The third kappa shape index (κ3) is 4.27. The Morgan fingerprint density at radius 2 is 1.70 bits per heavy atom. The van der Waals surface area contributed by atoms with Gasteiger partial charge in [0.25, 0.3) is 0 Å². The van der Waals surface area contributed by atoms with Crippen molar-refractivity contribution in [2.24, 2.45) is 0 Å². The summed E-state index contributed by atoms with van der Waals surface area (Å²) in [6, 6.07) is 17.9. The molecule has 0 fully saturated rings. The van der Waals surface area contributed by atoms with Crippen LogP contribution in [0.25, 0.3) is 0 Å². The zero-order valence-electron chi connectivity index (χ0n) is 17.0. The molecule has 1 atom stereocenters. The van der Waals surface area contributed by atoms with Gasteiger partial charge in [-0.25, -0.2) is 9.97 Å². The Kier molecular flexibility index (Phi) is 5.94. The van der Waals surface area contributed by atoms with Gasteiger partial charge >= 0.3 is 0 Å². The summed E-state index contributed by atoms with van der Waals surface area (Å²) in [5.74, 6) is 1.50. The summed E-state index contributed by atoms with van der Waals surface area (Å²) in [6.07, 6.45) is 9.82. The Morgan fingerprint density at radius 1 is 0.900 bits per heavy atom. The molecule has 150 valence electrons. The van der Waals surface area contributed by atoms with E-state index in [1.54, 1.807) is 19.5 Å². The Hall–Kier alpha value is -3.80. The molecular weight excluding hydrogens is 374 g/mol. The Labute approximate surface area is 176 Å². The highest BCUT2D eigenvalue weighted by atomic mass is 16.5. The number of hydrogen-bond donors (Lipinski definition) is 0. The molecule has 0 saturated heterocycles. The van der Waals surface area contributed by atoms with Crippen molar-refractivity contribution in [3.05, 3.63) is 102 Å². The van der Waals surface area contributed by atoms with Gasteiger partial charge in [-0.1, -0.05) is 18.2 Å². The van der Waals surface area contributed by atoms with E-state index in [-0.39, 0.29) is 5.92 Å². The van der Waals surface area contributed by atoms with Gasteiger partial charge in [0.1, 0.15) is 5.82 Å². The van der Waals surface area contributed by atoms with Crippen molar-refractivity contribution in [2.45, 2.75) is 12.3 Å². The lowest BCUT2D eigenvalue weighted by Crippen LogP contribution is -2.16. The number of hydrogen-bond acceptors (Lipinski definition) is 6. The van der Waals surface area contributed by atoms with Gasteiger partial charge in [-0.2, -0.15) is 0 Å². The molecule has 6 nitrogen and oxygen atoms in total. The molecule has 4 aromatic rings. The van der Waals surface area contributed by atoms with Crippen LogP contribution in [-0.4, -0.2) is 34.1 Å². The first-order chi connectivity index (χ1) is 14.8. The van der Waals surface area contributed by atoms with Crippen LogP contribution in [0.4, 0.5) is 11.5 Å². The van der Waals surface area contributed by atoms with Gasteiger partial charge in [0.05, 0.1) is 24.7 Å². The molecule has 0 aliphatic heterocycles. The molecule has 0 radical (unpaired) electrons. The van der Waals surface area contributed by atoms with Crippen LogP contribution in [0.5, 0.6) is 5.88 Å². The lowest BCUT2D eigenvalue weighted by Gasteiger charge is -2.23. The molecule has 0 N–H and O–H groups in total. The lowest BCUT2D eigenvalue weighted by molar-refractivity contribution is 0.395. The topological polar surface area (TPSA) is 64.0 Å². The average molecular weight is 397 g/mol. The molecule has 6 heteroatoms. The van der Waals surface area contributed by atoms with E-state index in [9.17, 15) is 0 Å². The molecule has 1 unspecified atom stereocenters. The van der Waals surface area contributed by atoms with E-state index in [0.717, 1.165) is 34.7 Å². The van der Waals surface area contributed by atoms with Gasteiger partial charge in [-0.15, -0.1) is 0 Å². The molecule has 4 aromatic heterocycles. The summed E-state index contributed by atoms with van der Waals surface area (Å²) in [7, 11) is 3.64. The number of ether oxygens (including phenoxy) is 1.